The summed E-state index contributed by atoms with van der Waals surface area (Å²) in [5, 5.41) is 10.3. The predicted octanol–water partition coefficient (Wildman–Crippen LogP) is 1.62. The van der Waals surface area contributed by atoms with Crippen LogP contribution >= 0.6 is 0 Å². The predicted molar refractivity (Wildman–Crippen MR) is 72.0 cm³/mol. The summed E-state index contributed by atoms with van der Waals surface area (Å²) in [5.41, 5.74) is 9.25. The molecule has 1 rings (SSSR count). The molecular weight excluding hydrogens is 212 g/mol. The zero-order valence-electron chi connectivity index (χ0n) is 11.3. The van der Waals surface area contributed by atoms with Crippen LogP contribution in [-0.4, -0.2) is 36.7 Å². The topological polar surface area (TPSA) is 49.5 Å². The minimum absolute atomic E-state index is 0.210. The summed E-state index contributed by atoms with van der Waals surface area (Å²) < 4.78 is 0. The van der Waals surface area contributed by atoms with E-state index in [-0.39, 0.29) is 6.04 Å². The maximum Gasteiger partial charge on any atom is 0.0943 e. The average molecular weight is 236 g/mol. The second-order valence-electron chi connectivity index (χ2n) is 5.06. The van der Waals surface area contributed by atoms with E-state index in [9.17, 15) is 5.11 Å². The number of aryl methyl sites for hydroxylation is 2. The van der Waals surface area contributed by atoms with E-state index in [2.05, 4.69) is 11.0 Å². The van der Waals surface area contributed by atoms with Gasteiger partial charge >= 0.3 is 0 Å². The van der Waals surface area contributed by atoms with Crippen molar-refractivity contribution in [2.45, 2.75) is 32.4 Å². The summed E-state index contributed by atoms with van der Waals surface area (Å²) in [6.45, 7) is 4.93. The third-order valence-electron chi connectivity index (χ3n) is 3.07. The van der Waals surface area contributed by atoms with Gasteiger partial charge in [-0.1, -0.05) is 23.8 Å². The zero-order chi connectivity index (χ0) is 13.0. The van der Waals surface area contributed by atoms with Gasteiger partial charge in [0.15, 0.2) is 0 Å². The molecule has 1 aromatic rings. The van der Waals surface area contributed by atoms with Gasteiger partial charge in [-0.25, -0.2) is 0 Å². The number of nitrogens with zero attached hydrogens (tertiary/aromatic N) is 1. The minimum Gasteiger partial charge on any atom is -0.387 e. The van der Waals surface area contributed by atoms with Gasteiger partial charge in [0.05, 0.1) is 6.10 Å². The highest BCUT2D eigenvalue weighted by atomic mass is 16.3. The van der Waals surface area contributed by atoms with Gasteiger partial charge in [0, 0.05) is 6.04 Å². The normalized spacial score (nSPS) is 15.0. The van der Waals surface area contributed by atoms with E-state index in [1.54, 1.807) is 0 Å². The number of aliphatic hydroxyl groups is 1. The molecule has 3 heteroatoms. The lowest BCUT2D eigenvalue weighted by atomic mass is 9.95. The van der Waals surface area contributed by atoms with Crippen molar-refractivity contribution in [3.8, 4) is 0 Å². The van der Waals surface area contributed by atoms with Gasteiger partial charge in [-0.3, -0.25) is 0 Å². The second kappa shape index (κ2) is 6.15. The maximum atomic E-state index is 10.3. The van der Waals surface area contributed by atoms with Crippen LogP contribution in [0.1, 0.15) is 29.2 Å². The van der Waals surface area contributed by atoms with Crippen LogP contribution in [0.5, 0.6) is 0 Å². The summed E-state index contributed by atoms with van der Waals surface area (Å²) in [4.78, 5) is 2.08. The van der Waals surface area contributed by atoms with Crippen molar-refractivity contribution in [1.29, 1.82) is 0 Å². The molecular formula is C14H24N2O. The first-order chi connectivity index (χ1) is 7.91. The zero-order valence-corrected chi connectivity index (χ0v) is 11.3. The smallest absolute Gasteiger partial charge is 0.0943 e. The maximum absolute atomic E-state index is 10.3. The summed E-state index contributed by atoms with van der Waals surface area (Å²) in [6.07, 6.45) is 0.219. The van der Waals surface area contributed by atoms with Gasteiger partial charge in [-0.15, -0.1) is 0 Å². The molecule has 0 bridgehead atoms. The summed E-state index contributed by atoms with van der Waals surface area (Å²) in [7, 11) is 4.02. The van der Waals surface area contributed by atoms with Crippen LogP contribution < -0.4 is 5.73 Å². The molecule has 96 valence electrons. The summed E-state index contributed by atoms with van der Waals surface area (Å²) >= 11 is 0. The molecule has 0 aromatic heterocycles. The number of rotatable bonds is 5. The largest absolute Gasteiger partial charge is 0.387 e. The molecule has 1 aromatic carbocycles. The van der Waals surface area contributed by atoms with E-state index in [1.807, 2.05) is 40.1 Å². The first-order valence-corrected chi connectivity index (χ1v) is 6.07. The first-order valence-electron chi connectivity index (χ1n) is 6.07. The molecule has 2 unspecified atom stereocenters. The Balaban J connectivity index is 2.74. The lowest BCUT2D eigenvalue weighted by molar-refractivity contribution is 0.137. The molecule has 0 aliphatic heterocycles. The third-order valence-corrected chi connectivity index (χ3v) is 3.07. The van der Waals surface area contributed by atoms with Gasteiger partial charge in [0.2, 0.25) is 0 Å². The first kappa shape index (κ1) is 14.2. The molecule has 0 fully saturated rings. The van der Waals surface area contributed by atoms with E-state index in [0.29, 0.717) is 0 Å². The lowest BCUT2D eigenvalue weighted by Gasteiger charge is -2.22. The fraction of sp³-hybridized carbons (Fsp3) is 0.571. The van der Waals surface area contributed by atoms with Crippen molar-refractivity contribution >= 4 is 0 Å². The summed E-state index contributed by atoms with van der Waals surface area (Å²) in [6, 6.07) is 5.90. The van der Waals surface area contributed by atoms with E-state index in [0.717, 1.165) is 29.7 Å². The van der Waals surface area contributed by atoms with Crippen LogP contribution in [0.2, 0.25) is 0 Å². The third kappa shape index (κ3) is 4.11. The van der Waals surface area contributed by atoms with Crippen molar-refractivity contribution < 1.29 is 5.11 Å². The van der Waals surface area contributed by atoms with Crippen molar-refractivity contribution in [3.63, 3.8) is 0 Å². The Labute approximate surface area is 104 Å². The quantitative estimate of drug-likeness (QED) is 0.816. The Morgan fingerprint density at radius 3 is 2.53 bits per heavy atom. The van der Waals surface area contributed by atoms with E-state index in [4.69, 9.17) is 5.73 Å². The number of nitrogens with two attached hydrogens (primary N) is 1. The molecule has 0 saturated heterocycles. The number of hydrogen-bond donors (Lipinski definition) is 2. The van der Waals surface area contributed by atoms with Crippen LogP contribution in [0, 0.1) is 13.8 Å². The Kier molecular flexibility index (Phi) is 5.12. The lowest BCUT2D eigenvalue weighted by Crippen LogP contribution is -2.32. The minimum atomic E-state index is -0.574. The van der Waals surface area contributed by atoms with E-state index >= 15 is 0 Å². The number of benzene rings is 1. The molecule has 3 N–H and O–H groups in total. The van der Waals surface area contributed by atoms with Gasteiger partial charge in [0.25, 0.3) is 0 Å². The van der Waals surface area contributed by atoms with Crippen LogP contribution in [0.15, 0.2) is 18.2 Å². The SMILES string of the molecule is Cc1ccc(C)c(C(O)C(N)CCN(C)C)c1. The highest BCUT2D eigenvalue weighted by Crippen LogP contribution is 2.22. The molecule has 2 atom stereocenters. The van der Waals surface area contributed by atoms with Gasteiger partial charge in [-0.2, -0.15) is 0 Å². The highest BCUT2D eigenvalue weighted by Gasteiger charge is 2.18. The van der Waals surface area contributed by atoms with Crippen molar-refractivity contribution in [2.24, 2.45) is 5.73 Å². The van der Waals surface area contributed by atoms with E-state index in [1.165, 1.54) is 0 Å². The fourth-order valence-electron chi connectivity index (χ4n) is 1.87. The molecule has 0 radical (unpaired) electrons. The van der Waals surface area contributed by atoms with Crippen LogP contribution in [0.3, 0.4) is 0 Å². The van der Waals surface area contributed by atoms with Crippen LogP contribution in [-0.2, 0) is 0 Å². The van der Waals surface area contributed by atoms with Crippen molar-refractivity contribution in [2.75, 3.05) is 20.6 Å². The second-order valence-corrected chi connectivity index (χ2v) is 5.06. The monoisotopic (exact) mass is 236 g/mol. The molecule has 0 spiro atoms. The standard InChI is InChI=1S/C14H24N2O/c1-10-5-6-11(2)12(9-10)14(17)13(15)7-8-16(3)4/h5-6,9,13-14,17H,7-8,15H2,1-4H3. The van der Waals surface area contributed by atoms with Crippen molar-refractivity contribution in [3.05, 3.63) is 34.9 Å². The number of aliphatic hydroxyl groups excluding tert-OH is 1. The molecule has 17 heavy (non-hydrogen) atoms. The molecule has 3 nitrogen and oxygen atoms in total. The van der Waals surface area contributed by atoms with Crippen LogP contribution in [0.25, 0.3) is 0 Å². The molecule has 0 heterocycles. The molecule has 0 amide bonds. The molecule has 0 aliphatic carbocycles. The van der Waals surface area contributed by atoms with Gasteiger partial charge in [-0.05, 0) is 52.0 Å². The molecule has 0 aliphatic rings. The fourth-order valence-corrected chi connectivity index (χ4v) is 1.87. The highest BCUT2D eigenvalue weighted by molar-refractivity contribution is 5.32. The Morgan fingerprint density at radius 2 is 1.94 bits per heavy atom. The molecule has 0 saturated carbocycles. The van der Waals surface area contributed by atoms with Gasteiger partial charge in [0.1, 0.15) is 0 Å². The Hall–Kier alpha value is -0.900. The van der Waals surface area contributed by atoms with E-state index < -0.39 is 6.10 Å². The number of hydrogen-bond acceptors (Lipinski definition) is 3. The van der Waals surface area contributed by atoms with Gasteiger partial charge < -0.3 is 15.7 Å². The van der Waals surface area contributed by atoms with Crippen LogP contribution in [0.4, 0.5) is 0 Å². The van der Waals surface area contributed by atoms with Crippen molar-refractivity contribution in [1.82, 2.24) is 4.90 Å². The average Bonchev–Trinajstić information content (AvgIpc) is 2.28. The Morgan fingerprint density at radius 1 is 1.29 bits per heavy atom. The Bertz CT molecular complexity index is 363. The summed E-state index contributed by atoms with van der Waals surface area (Å²) in [5.74, 6) is 0.